The van der Waals surface area contributed by atoms with Gasteiger partial charge in [0.2, 0.25) is 5.91 Å². The maximum Gasteiger partial charge on any atom is 0.279 e. The molecular weight excluding hydrogens is 296 g/mol. The summed E-state index contributed by atoms with van der Waals surface area (Å²) in [7, 11) is 0. The number of amides is 2. The summed E-state index contributed by atoms with van der Waals surface area (Å²) in [5.74, 6) is 0.673. The molecule has 2 N–H and O–H groups in total. The van der Waals surface area contributed by atoms with E-state index in [1.54, 1.807) is 11.3 Å². The molecule has 0 fully saturated rings. The predicted octanol–water partition coefficient (Wildman–Crippen LogP) is 2.99. The van der Waals surface area contributed by atoms with E-state index in [0.29, 0.717) is 23.1 Å². The number of carbonyl (C=O) groups excluding carboxylic acids is 2. The lowest BCUT2D eigenvalue weighted by atomic mass is 9.90. The van der Waals surface area contributed by atoms with Crippen molar-refractivity contribution in [2.45, 2.75) is 45.4 Å². The van der Waals surface area contributed by atoms with Gasteiger partial charge in [0.05, 0.1) is 4.88 Å². The van der Waals surface area contributed by atoms with Crippen molar-refractivity contribution >= 4 is 23.2 Å². The van der Waals surface area contributed by atoms with E-state index in [9.17, 15) is 9.59 Å². The molecule has 0 radical (unpaired) electrons. The molecule has 2 atom stereocenters. The minimum Gasteiger partial charge on any atom is -0.273 e. The number of allylic oxidation sites excluding steroid dienone is 2. The number of fused-ring (bicyclic) bond motifs is 1. The van der Waals surface area contributed by atoms with Crippen LogP contribution in [0.2, 0.25) is 0 Å². The van der Waals surface area contributed by atoms with Gasteiger partial charge in [-0.1, -0.05) is 19.1 Å². The highest BCUT2D eigenvalue weighted by Gasteiger charge is 2.21. The zero-order valence-electron chi connectivity index (χ0n) is 12.9. The van der Waals surface area contributed by atoms with Crippen LogP contribution in [0.4, 0.5) is 0 Å². The van der Waals surface area contributed by atoms with E-state index in [1.165, 1.54) is 16.9 Å². The fraction of sp³-hybridized carbons (Fsp3) is 0.529. The first-order valence-corrected chi connectivity index (χ1v) is 8.81. The number of hydrazine groups is 1. The van der Waals surface area contributed by atoms with Crippen LogP contribution in [0.3, 0.4) is 0 Å². The molecule has 1 heterocycles. The van der Waals surface area contributed by atoms with Crippen molar-refractivity contribution in [3.63, 3.8) is 0 Å². The summed E-state index contributed by atoms with van der Waals surface area (Å²) in [5.41, 5.74) is 6.37. The normalized spacial score (nSPS) is 23.1. The van der Waals surface area contributed by atoms with Gasteiger partial charge in [0, 0.05) is 11.3 Å². The molecule has 1 aromatic rings. The molecule has 2 aliphatic rings. The van der Waals surface area contributed by atoms with Crippen molar-refractivity contribution in [2.75, 3.05) is 0 Å². The zero-order chi connectivity index (χ0) is 15.5. The molecule has 2 unspecified atom stereocenters. The second kappa shape index (κ2) is 6.65. The highest BCUT2D eigenvalue weighted by molar-refractivity contribution is 7.14. The minimum atomic E-state index is -0.206. The Morgan fingerprint density at radius 1 is 1.32 bits per heavy atom. The maximum atomic E-state index is 12.2. The maximum absolute atomic E-state index is 12.2. The summed E-state index contributed by atoms with van der Waals surface area (Å²) in [4.78, 5) is 26.0. The lowest BCUT2D eigenvalue weighted by Gasteiger charge is -2.16. The Morgan fingerprint density at radius 3 is 2.95 bits per heavy atom. The molecule has 0 saturated heterocycles. The molecule has 0 spiro atoms. The molecule has 5 heteroatoms. The van der Waals surface area contributed by atoms with Crippen LogP contribution >= 0.6 is 11.3 Å². The minimum absolute atomic E-state index is 0.125. The Bertz CT molecular complexity index is 606. The molecule has 3 rings (SSSR count). The number of hydrogen-bond acceptors (Lipinski definition) is 3. The number of rotatable bonds is 3. The molecule has 0 aliphatic heterocycles. The predicted molar refractivity (Wildman–Crippen MR) is 87.6 cm³/mol. The SMILES string of the molecule is CC1CCc2sc(C(=O)NNC(=O)CC3C=CCC3)cc2C1. The van der Waals surface area contributed by atoms with Crippen molar-refractivity contribution in [3.8, 4) is 0 Å². The van der Waals surface area contributed by atoms with Crippen LogP contribution in [-0.2, 0) is 17.6 Å². The van der Waals surface area contributed by atoms with Crippen molar-refractivity contribution in [3.05, 3.63) is 33.5 Å². The van der Waals surface area contributed by atoms with Crippen LogP contribution in [-0.4, -0.2) is 11.8 Å². The Balaban J connectivity index is 1.51. The zero-order valence-corrected chi connectivity index (χ0v) is 13.7. The molecule has 1 aromatic heterocycles. The van der Waals surface area contributed by atoms with Crippen molar-refractivity contribution in [1.29, 1.82) is 0 Å². The molecular formula is C17H22N2O2S. The molecule has 22 heavy (non-hydrogen) atoms. The molecule has 2 amide bonds. The van der Waals surface area contributed by atoms with Gasteiger partial charge in [-0.15, -0.1) is 11.3 Å². The van der Waals surface area contributed by atoms with Crippen molar-refractivity contribution in [2.24, 2.45) is 11.8 Å². The van der Waals surface area contributed by atoms with Gasteiger partial charge in [0.25, 0.3) is 5.91 Å². The Hall–Kier alpha value is -1.62. The van der Waals surface area contributed by atoms with E-state index in [2.05, 4.69) is 29.9 Å². The van der Waals surface area contributed by atoms with E-state index < -0.39 is 0 Å². The second-order valence-electron chi connectivity index (χ2n) is 6.38. The Labute approximate surface area is 135 Å². The average molecular weight is 318 g/mol. The standard InChI is InChI=1S/C17H22N2O2S/c1-11-6-7-14-13(8-11)10-15(22-14)17(21)19-18-16(20)9-12-4-2-3-5-12/h2,4,10-12H,3,5-9H2,1H3,(H,18,20)(H,19,21). The first-order chi connectivity index (χ1) is 10.6. The van der Waals surface area contributed by atoms with Crippen LogP contribution < -0.4 is 10.9 Å². The highest BCUT2D eigenvalue weighted by atomic mass is 32.1. The molecule has 2 aliphatic carbocycles. The summed E-state index contributed by atoms with van der Waals surface area (Å²) in [5, 5.41) is 0. The molecule has 0 saturated carbocycles. The topological polar surface area (TPSA) is 58.2 Å². The Kier molecular flexibility index (Phi) is 4.62. The van der Waals surface area contributed by atoms with E-state index >= 15 is 0 Å². The smallest absolute Gasteiger partial charge is 0.273 e. The van der Waals surface area contributed by atoms with Gasteiger partial charge in [-0.25, -0.2) is 0 Å². The van der Waals surface area contributed by atoms with Gasteiger partial charge in [0.1, 0.15) is 0 Å². The monoisotopic (exact) mass is 318 g/mol. The summed E-state index contributed by atoms with van der Waals surface area (Å²) >= 11 is 1.56. The van der Waals surface area contributed by atoms with E-state index in [0.717, 1.165) is 25.7 Å². The second-order valence-corrected chi connectivity index (χ2v) is 7.52. The van der Waals surface area contributed by atoms with Crippen LogP contribution in [0.5, 0.6) is 0 Å². The van der Waals surface area contributed by atoms with Gasteiger partial charge in [-0.05, 0) is 55.6 Å². The number of carbonyl (C=O) groups is 2. The number of aryl methyl sites for hydroxylation is 1. The number of thiophene rings is 1. The molecule has 0 aromatic carbocycles. The summed E-state index contributed by atoms with van der Waals surface area (Å²) in [6.45, 7) is 2.25. The van der Waals surface area contributed by atoms with E-state index in [-0.39, 0.29) is 11.8 Å². The van der Waals surface area contributed by atoms with Crippen LogP contribution in [0.25, 0.3) is 0 Å². The first-order valence-electron chi connectivity index (χ1n) is 7.99. The van der Waals surface area contributed by atoms with Crippen LogP contribution in [0.15, 0.2) is 18.2 Å². The molecule has 4 nitrogen and oxygen atoms in total. The third kappa shape index (κ3) is 3.58. The highest BCUT2D eigenvalue weighted by Crippen LogP contribution is 2.32. The quantitative estimate of drug-likeness (QED) is 0.665. The van der Waals surface area contributed by atoms with Gasteiger partial charge >= 0.3 is 0 Å². The first kappa shape index (κ1) is 15.3. The lowest BCUT2D eigenvalue weighted by molar-refractivity contribution is -0.122. The average Bonchev–Trinajstić information content (AvgIpc) is 3.13. The van der Waals surface area contributed by atoms with Gasteiger partial charge in [0.15, 0.2) is 0 Å². The third-order valence-corrected chi connectivity index (χ3v) is 5.66. The Morgan fingerprint density at radius 2 is 2.18 bits per heavy atom. The van der Waals surface area contributed by atoms with Crippen molar-refractivity contribution < 1.29 is 9.59 Å². The summed E-state index contributed by atoms with van der Waals surface area (Å²) < 4.78 is 0. The number of nitrogens with one attached hydrogen (secondary N) is 2. The van der Waals surface area contributed by atoms with Crippen molar-refractivity contribution in [1.82, 2.24) is 10.9 Å². The van der Waals surface area contributed by atoms with Crippen LogP contribution in [0.1, 0.15) is 52.7 Å². The third-order valence-electron chi connectivity index (χ3n) is 4.43. The molecule has 118 valence electrons. The fourth-order valence-corrected chi connectivity index (χ4v) is 4.26. The van der Waals surface area contributed by atoms with E-state index in [1.807, 2.05) is 6.07 Å². The fourth-order valence-electron chi connectivity index (χ4n) is 3.16. The number of hydrogen-bond donors (Lipinski definition) is 2. The largest absolute Gasteiger partial charge is 0.279 e. The van der Waals surface area contributed by atoms with Gasteiger partial charge in [-0.2, -0.15) is 0 Å². The van der Waals surface area contributed by atoms with Crippen LogP contribution in [0, 0.1) is 11.8 Å². The molecule has 0 bridgehead atoms. The van der Waals surface area contributed by atoms with E-state index in [4.69, 9.17) is 0 Å². The lowest BCUT2D eigenvalue weighted by Crippen LogP contribution is -2.41. The van der Waals surface area contributed by atoms with Gasteiger partial charge < -0.3 is 0 Å². The van der Waals surface area contributed by atoms with Gasteiger partial charge in [-0.3, -0.25) is 20.4 Å². The summed E-state index contributed by atoms with van der Waals surface area (Å²) in [6.07, 6.45) is 10.0. The summed E-state index contributed by atoms with van der Waals surface area (Å²) in [6, 6.07) is 1.98.